The maximum atomic E-state index is 12.3. The van der Waals surface area contributed by atoms with Crippen molar-refractivity contribution < 1.29 is 9.21 Å². The quantitative estimate of drug-likeness (QED) is 0.940. The molecule has 2 aliphatic rings. The highest BCUT2D eigenvalue weighted by Gasteiger charge is 2.29. The van der Waals surface area contributed by atoms with E-state index in [2.05, 4.69) is 33.7 Å². The lowest BCUT2D eigenvalue weighted by Crippen LogP contribution is -2.33. The Morgan fingerprint density at radius 1 is 1.18 bits per heavy atom. The first-order valence-corrected chi connectivity index (χ1v) is 7.96. The van der Waals surface area contributed by atoms with Crippen molar-refractivity contribution in [3.8, 4) is 0 Å². The largest absolute Gasteiger partial charge is 0.423 e. The number of rotatable bonds is 4. The molecule has 0 aliphatic heterocycles. The summed E-state index contributed by atoms with van der Waals surface area (Å²) in [6, 6.07) is 8.37. The van der Waals surface area contributed by atoms with Crippen LogP contribution in [0, 0.1) is 5.92 Å². The summed E-state index contributed by atoms with van der Waals surface area (Å²) in [5.41, 5.74) is 2.67. The van der Waals surface area contributed by atoms with Gasteiger partial charge in [-0.15, -0.1) is 10.2 Å². The minimum atomic E-state index is 0.0423. The first kappa shape index (κ1) is 13.5. The first-order valence-electron chi connectivity index (χ1n) is 7.96. The monoisotopic (exact) mass is 297 g/mol. The van der Waals surface area contributed by atoms with Crippen molar-refractivity contribution in [1.29, 1.82) is 0 Å². The van der Waals surface area contributed by atoms with Gasteiger partial charge >= 0.3 is 0 Å². The zero-order valence-corrected chi connectivity index (χ0v) is 12.4. The molecule has 2 aromatic rings. The molecular weight excluding hydrogens is 278 g/mol. The van der Waals surface area contributed by atoms with Crippen molar-refractivity contribution in [2.75, 3.05) is 0 Å². The summed E-state index contributed by atoms with van der Waals surface area (Å²) in [6.45, 7) is 0.330. The Kier molecular flexibility index (Phi) is 3.41. The number of fused-ring (bicyclic) bond motifs is 1. The number of nitrogens with one attached hydrogen (secondary N) is 1. The van der Waals surface area contributed by atoms with Crippen molar-refractivity contribution in [3.05, 3.63) is 47.2 Å². The molecule has 0 bridgehead atoms. The van der Waals surface area contributed by atoms with E-state index in [0.29, 0.717) is 18.4 Å². The molecule has 2 aliphatic carbocycles. The maximum absolute atomic E-state index is 12.3. The molecule has 1 fully saturated rings. The lowest BCUT2D eigenvalue weighted by molar-refractivity contribution is -0.125. The van der Waals surface area contributed by atoms with Crippen molar-refractivity contribution >= 4 is 5.91 Å². The van der Waals surface area contributed by atoms with Crippen LogP contribution < -0.4 is 5.32 Å². The minimum Gasteiger partial charge on any atom is -0.423 e. The van der Waals surface area contributed by atoms with Gasteiger partial charge in [0.25, 0.3) is 0 Å². The van der Waals surface area contributed by atoms with Crippen molar-refractivity contribution in [2.45, 2.75) is 44.6 Å². The molecule has 114 valence electrons. The molecule has 0 radical (unpaired) electrons. The number of hydrogen-bond donors (Lipinski definition) is 1. The maximum Gasteiger partial charge on any atom is 0.235 e. The highest BCUT2D eigenvalue weighted by atomic mass is 16.4. The second kappa shape index (κ2) is 5.55. The zero-order chi connectivity index (χ0) is 14.9. The molecule has 4 rings (SSSR count). The van der Waals surface area contributed by atoms with E-state index in [0.717, 1.165) is 38.0 Å². The summed E-state index contributed by atoms with van der Waals surface area (Å²) in [6.07, 6.45) is 4.96. The van der Waals surface area contributed by atoms with Crippen LogP contribution in [0.2, 0.25) is 0 Å². The Morgan fingerprint density at radius 3 is 2.82 bits per heavy atom. The summed E-state index contributed by atoms with van der Waals surface area (Å²) in [7, 11) is 0. The van der Waals surface area contributed by atoms with Gasteiger partial charge in [0.2, 0.25) is 17.7 Å². The van der Waals surface area contributed by atoms with Gasteiger partial charge in [-0.2, -0.15) is 0 Å². The predicted molar refractivity (Wildman–Crippen MR) is 80.1 cm³/mol. The van der Waals surface area contributed by atoms with E-state index in [9.17, 15) is 4.79 Å². The van der Waals surface area contributed by atoms with Crippen LogP contribution in [0.4, 0.5) is 0 Å². The third-order valence-electron chi connectivity index (χ3n) is 4.54. The number of hydrogen-bond acceptors (Lipinski definition) is 4. The summed E-state index contributed by atoms with van der Waals surface area (Å²) >= 11 is 0. The predicted octanol–water partition coefficient (Wildman–Crippen LogP) is 2.37. The van der Waals surface area contributed by atoms with Gasteiger partial charge < -0.3 is 9.73 Å². The van der Waals surface area contributed by atoms with E-state index in [1.54, 1.807) is 0 Å². The van der Waals surface area contributed by atoms with Crippen molar-refractivity contribution in [3.63, 3.8) is 0 Å². The second-order valence-electron chi connectivity index (χ2n) is 6.23. The highest BCUT2D eigenvalue weighted by molar-refractivity contribution is 5.79. The third kappa shape index (κ3) is 2.75. The smallest absolute Gasteiger partial charge is 0.235 e. The Hall–Kier alpha value is -2.17. The van der Waals surface area contributed by atoms with Crippen molar-refractivity contribution in [2.24, 2.45) is 5.92 Å². The van der Waals surface area contributed by atoms with E-state index in [1.807, 2.05) is 6.07 Å². The lowest BCUT2D eigenvalue weighted by atomic mass is 9.83. The fraction of sp³-hybridized carbons (Fsp3) is 0.471. The Bertz CT molecular complexity index is 691. The summed E-state index contributed by atoms with van der Waals surface area (Å²) in [5, 5.41) is 11.0. The normalized spacial score (nSPS) is 20.5. The van der Waals surface area contributed by atoms with Gasteiger partial charge in [0.15, 0.2) is 0 Å². The number of carbonyl (C=O) groups is 1. The Balaban J connectivity index is 1.34. The van der Waals surface area contributed by atoms with Gasteiger partial charge in [0.1, 0.15) is 0 Å². The molecule has 1 N–H and O–H groups in total. The van der Waals surface area contributed by atoms with E-state index < -0.39 is 0 Å². The number of aromatic nitrogens is 2. The molecule has 22 heavy (non-hydrogen) atoms. The van der Waals surface area contributed by atoms with Gasteiger partial charge in [-0.1, -0.05) is 24.3 Å². The zero-order valence-electron chi connectivity index (χ0n) is 12.4. The van der Waals surface area contributed by atoms with E-state index in [-0.39, 0.29) is 11.8 Å². The molecule has 0 spiro atoms. The summed E-state index contributed by atoms with van der Waals surface area (Å²) < 4.78 is 5.56. The summed E-state index contributed by atoms with van der Waals surface area (Å²) in [5.74, 6) is 1.80. The average molecular weight is 297 g/mol. The van der Waals surface area contributed by atoms with Crippen LogP contribution in [0.1, 0.15) is 48.1 Å². The van der Waals surface area contributed by atoms with Gasteiger partial charge in [-0.3, -0.25) is 4.79 Å². The van der Waals surface area contributed by atoms with Crippen molar-refractivity contribution in [1.82, 2.24) is 15.5 Å². The van der Waals surface area contributed by atoms with E-state index >= 15 is 0 Å². The van der Waals surface area contributed by atoms with Crippen LogP contribution in [-0.4, -0.2) is 16.1 Å². The molecule has 5 heteroatoms. The fourth-order valence-electron chi connectivity index (χ4n) is 3.06. The second-order valence-corrected chi connectivity index (χ2v) is 6.23. The molecule has 1 unspecified atom stereocenters. The molecule has 1 heterocycles. The van der Waals surface area contributed by atoms with Gasteiger partial charge in [0.05, 0.1) is 6.54 Å². The molecule has 1 saturated carbocycles. The molecule has 1 amide bonds. The molecular formula is C17H19N3O2. The SMILES string of the molecule is O=C(NCc1nnc(C2CC2)o1)C1CCc2ccccc2C1. The number of nitrogens with zero attached hydrogens (tertiary/aromatic N) is 2. The average Bonchev–Trinajstić information content (AvgIpc) is 3.31. The standard InChI is InChI=1S/C17H19N3O2/c21-16(14-8-5-11-3-1-2-4-13(11)9-14)18-10-15-19-20-17(22-15)12-6-7-12/h1-4,12,14H,5-10H2,(H,18,21). The third-order valence-corrected chi connectivity index (χ3v) is 4.54. The van der Waals surface area contributed by atoms with Gasteiger partial charge in [-0.25, -0.2) is 0 Å². The molecule has 1 atom stereocenters. The lowest BCUT2D eigenvalue weighted by Gasteiger charge is -2.23. The number of aryl methyl sites for hydroxylation is 1. The van der Waals surface area contributed by atoms with Crippen LogP contribution >= 0.6 is 0 Å². The molecule has 1 aromatic carbocycles. The fourth-order valence-corrected chi connectivity index (χ4v) is 3.06. The molecule has 1 aromatic heterocycles. The Morgan fingerprint density at radius 2 is 2.00 bits per heavy atom. The van der Waals surface area contributed by atoms with Crippen LogP contribution in [0.3, 0.4) is 0 Å². The van der Waals surface area contributed by atoms with E-state index in [4.69, 9.17) is 4.42 Å². The minimum absolute atomic E-state index is 0.0423. The Labute approximate surface area is 129 Å². The number of amides is 1. The van der Waals surface area contributed by atoms with E-state index in [1.165, 1.54) is 11.1 Å². The highest BCUT2D eigenvalue weighted by Crippen LogP contribution is 2.38. The topological polar surface area (TPSA) is 68.0 Å². The number of benzene rings is 1. The first-order chi connectivity index (χ1) is 10.8. The van der Waals surface area contributed by atoms with Gasteiger partial charge in [-0.05, 0) is 43.2 Å². The van der Waals surface area contributed by atoms with Crippen LogP contribution in [0.25, 0.3) is 0 Å². The van der Waals surface area contributed by atoms with Crippen LogP contribution in [-0.2, 0) is 24.2 Å². The molecule has 5 nitrogen and oxygen atoms in total. The van der Waals surface area contributed by atoms with Crippen LogP contribution in [0.15, 0.2) is 28.7 Å². The van der Waals surface area contributed by atoms with Gasteiger partial charge in [0, 0.05) is 11.8 Å². The van der Waals surface area contributed by atoms with Crippen LogP contribution in [0.5, 0.6) is 0 Å². The number of carbonyl (C=O) groups excluding carboxylic acids is 1. The summed E-state index contributed by atoms with van der Waals surface area (Å²) in [4.78, 5) is 12.3. The molecule has 0 saturated heterocycles.